The number of hydrogen-bond donors (Lipinski definition) is 1. The maximum absolute atomic E-state index is 12.5. The molecule has 0 saturated heterocycles. The smallest absolute Gasteiger partial charge is 0.0507 e. The lowest BCUT2D eigenvalue weighted by atomic mass is 9.73. The molecule has 3 unspecified atom stereocenters. The Balaban J connectivity index is 2.05. The van der Waals surface area contributed by atoms with Gasteiger partial charge in [-0.05, 0) is 31.1 Å². The highest BCUT2D eigenvalue weighted by Gasteiger charge is 2.41. The average Bonchev–Trinajstić information content (AvgIpc) is 2.74. The average molecular weight is 243 g/mol. The number of rotatable bonds is 2. The standard InChI is InChI=1S/C13H25NOS/c1-13(2)9-5-8-11(12(13)14)16(15)10-6-3-4-7-10/h10-12H,3-9,14H2,1-2H3. The maximum atomic E-state index is 12.5. The third-order valence-electron chi connectivity index (χ3n) is 4.54. The third-order valence-corrected chi connectivity index (χ3v) is 6.80. The second kappa shape index (κ2) is 4.77. The van der Waals surface area contributed by atoms with Crippen LogP contribution in [0.5, 0.6) is 0 Å². The van der Waals surface area contributed by atoms with Crippen molar-refractivity contribution in [2.75, 3.05) is 0 Å². The van der Waals surface area contributed by atoms with Crippen LogP contribution in [0.4, 0.5) is 0 Å². The van der Waals surface area contributed by atoms with E-state index in [0.717, 1.165) is 19.3 Å². The summed E-state index contributed by atoms with van der Waals surface area (Å²) in [6, 6.07) is 0.127. The van der Waals surface area contributed by atoms with Crippen molar-refractivity contribution in [3.8, 4) is 0 Å². The molecule has 0 heterocycles. The van der Waals surface area contributed by atoms with Crippen molar-refractivity contribution in [2.24, 2.45) is 11.1 Å². The van der Waals surface area contributed by atoms with Crippen molar-refractivity contribution >= 4 is 10.8 Å². The molecule has 3 heteroatoms. The fraction of sp³-hybridized carbons (Fsp3) is 1.00. The molecule has 16 heavy (non-hydrogen) atoms. The molecular formula is C13H25NOS. The molecule has 2 aliphatic carbocycles. The van der Waals surface area contributed by atoms with Gasteiger partial charge in [-0.25, -0.2) is 0 Å². The van der Waals surface area contributed by atoms with E-state index in [2.05, 4.69) is 13.8 Å². The molecule has 2 saturated carbocycles. The van der Waals surface area contributed by atoms with E-state index in [1.54, 1.807) is 0 Å². The van der Waals surface area contributed by atoms with Gasteiger partial charge in [0.25, 0.3) is 0 Å². The topological polar surface area (TPSA) is 43.1 Å². The lowest BCUT2D eigenvalue weighted by Crippen LogP contribution is -2.52. The minimum Gasteiger partial charge on any atom is -0.326 e. The van der Waals surface area contributed by atoms with Crippen molar-refractivity contribution in [3.63, 3.8) is 0 Å². The van der Waals surface area contributed by atoms with Gasteiger partial charge < -0.3 is 5.73 Å². The Morgan fingerprint density at radius 3 is 2.38 bits per heavy atom. The van der Waals surface area contributed by atoms with Gasteiger partial charge in [0.15, 0.2) is 0 Å². The maximum Gasteiger partial charge on any atom is 0.0507 e. The Bertz CT molecular complexity index is 271. The molecule has 0 aromatic heterocycles. The summed E-state index contributed by atoms with van der Waals surface area (Å²) >= 11 is 0. The highest BCUT2D eigenvalue weighted by atomic mass is 32.2. The molecule has 0 bridgehead atoms. The van der Waals surface area contributed by atoms with Gasteiger partial charge in [-0.3, -0.25) is 4.21 Å². The summed E-state index contributed by atoms with van der Waals surface area (Å²) in [6.07, 6.45) is 8.32. The molecule has 2 nitrogen and oxygen atoms in total. The molecular weight excluding hydrogens is 218 g/mol. The van der Waals surface area contributed by atoms with E-state index in [-0.39, 0.29) is 16.7 Å². The van der Waals surface area contributed by atoms with Crippen molar-refractivity contribution in [1.29, 1.82) is 0 Å². The van der Waals surface area contributed by atoms with Gasteiger partial charge in [0.2, 0.25) is 0 Å². The summed E-state index contributed by atoms with van der Waals surface area (Å²) in [4.78, 5) is 0. The highest BCUT2D eigenvalue weighted by Crippen LogP contribution is 2.38. The first kappa shape index (κ1) is 12.6. The lowest BCUT2D eigenvalue weighted by molar-refractivity contribution is 0.206. The van der Waals surface area contributed by atoms with Gasteiger partial charge in [0.05, 0.1) is 5.25 Å². The minimum atomic E-state index is -0.683. The van der Waals surface area contributed by atoms with Crippen molar-refractivity contribution in [2.45, 2.75) is 75.3 Å². The second-order valence-corrected chi connectivity index (χ2v) is 8.11. The quantitative estimate of drug-likeness (QED) is 0.810. The predicted molar refractivity (Wildman–Crippen MR) is 69.8 cm³/mol. The first-order valence-electron chi connectivity index (χ1n) is 6.67. The van der Waals surface area contributed by atoms with Crippen LogP contribution in [-0.2, 0) is 10.8 Å². The largest absolute Gasteiger partial charge is 0.326 e. The van der Waals surface area contributed by atoms with Gasteiger partial charge in [0, 0.05) is 22.1 Å². The molecule has 3 atom stereocenters. The van der Waals surface area contributed by atoms with Crippen LogP contribution in [0, 0.1) is 5.41 Å². The lowest BCUT2D eigenvalue weighted by Gasteiger charge is -2.42. The van der Waals surface area contributed by atoms with Crippen LogP contribution in [0.1, 0.15) is 58.8 Å². The Morgan fingerprint density at radius 1 is 1.12 bits per heavy atom. The predicted octanol–water partition coefficient (Wildman–Crippen LogP) is 2.58. The van der Waals surface area contributed by atoms with Gasteiger partial charge in [0.1, 0.15) is 0 Å². The number of nitrogens with two attached hydrogens (primary N) is 1. The summed E-state index contributed by atoms with van der Waals surface area (Å²) in [5.41, 5.74) is 6.51. The molecule has 2 N–H and O–H groups in total. The second-order valence-electron chi connectivity index (χ2n) is 6.18. The molecule has 0 aromatic rings. The van der Waals surface area contributed by atoms with E-state index in [1.165, 1.54) is 25.7 Å². The summed E-state index contributed by atoms with van der Waals surface area (Å²) < 4.78 is 12.5. The summed E-state index contributed by atoms with van der Waals surface area (Å²) in [5.74, 6) is 0. The number of hydrogen-bond acceptors (Lipinski definition) is 2. The molecule has 0 amide bonds. The van der Waals surface area contributed by atoms with Gasteiger partial charge in [-0.2, -0.15) is 0 Å². The Labute approximate surface area is 102 Å². The minimum absolute atomic E-state index is 0.127. The zero-order valence-corrected chi connectivity index (χ0v) is 11.4. The SMILES string of the molecule is CC1(C)CCCC(S(=O)C2CCCC2)C1N. The van der Waals surface area contributed by atoms with Crippen LogP contribution in [0.2, 0.25) is 0 Å². The van der Waals surface area contributed by atoms with E-state index >= 15 is 0 Å². The van der Waals surface area contributed by atoms with Crippen molar-refractivity contribution < 1.29 is 4.21 Å². The fourth-order valence-corrected chi connectivity index (χ4v) is 5.59. The van der Waals surface area contributed by atoms with E-state index in [1.807, 2.05) is 0 Å². The monoisotopic (exact) mass is 243 g/mol. The zero-order valence-electron chi connectivity index (χ0n) is 10.6. The first-order chi connectivity index (χ1) is 7.52. The Kier molecular flexibility index (Phi) is 3.75. The van der Waals surface area contributed by atoms with E-state index < -0.39 is 10.8 Å². The molecule has 2 aliphatic rings. The van der Waals surface area contributed by atoms with Crippen LogP contribution >= 0.6 is 0 Å². The van der Waals surface area contributed by atoms with Crippen LogP contribution in [0.25, 0.3) is 0 Å². The van der Waals surface area contributed by atoms with E-state index in [4.69, 9.17) is 5.73 Å². The summed E-state index contributed by atoms with van der Waals surface area (Å²) in [6.45, 7) is 4.46. The third kappa shape index (κ3) is 2.35. The first-order valence-corrected chi connectivity index (χ1v) is 7.95. The molecule has 0 spiro atoms. The zero-order chi connectivity index (χ0) is 11.8. The van der Waals surface area contributed by atoms with Crippen LogP contribution < -0.4 is 5.73 Å². The normalized spacial score (nSPS) is 37.4. The van der Waals surface area contributed by atoms with Crippen molar-refractivity contribution in [1.82, 2.24) is 0 Å². The fourth-order valence-electron chi connectivity index (χ4n) is 3.24. The Hall–Kier alpha value is 0.110. The van der Waals surface area contributed by atoms with Crippen LogP contribution in [0.3, 0.4) is 0 Å². The molecule has 0 aliphatic heterocycles. The molecule has 2 fully saturated rings. The molecule has 0 radical (unpaired) electrons. The molecule has 0 aromatic carbocycles. The summed E-state index contributed by atoms with van der Waals surface area (Å²) in [5, 5.41) is 0.705. The van der Waals surface area contributed by atoms with Gasteiger partial charge in [-0.15, -0.1) is 0 Å². The molecule has 2 rings (SSSR count). The van der Waals surface area contributed by atoms with Gasteiger partial charge >= 0.3 is 0 Å². The van der Waals surface area contributed by atoms with Crippen molar-refractivity contribution in [3.05, 3.63) is 0 Å². The van der Waals surface area contributed by atoms with Crippen LogP contribution in [0.15, 0.2) is 0 Å². The summed E-state index contributed by atoms with van der Waals surface area (Å²) in [7, 11) is -0.683. The van der Waals surface area contributed by atoms with E-state index in [0.29, 0.717) is 5.25 Å². The Morgan fingerprint density at radius 2 is 1.75 bits per heavy atom. The molecule has 94 valence electrons. The van der Waals surface area contributed by atoms with E-state index in [9.17, 15) is 4.21 Å². The van der Waals surface area contributed by atoms with Gasteiger partial charge in [-0.1, -0.05) is 33.1 Å². The van der Waals surface area contributed by atoms with Crippen LogP contribution in [-0.4, -0.2) is 20.8 Å². The highest BCUT2D eigenvalue weighted by molar-refractivity contribution is 7.86.